The molecule has 1 N–H and O–H groups in total. The number of carbonyl (C=O) groups is 1. The highest BCUT2D eigenvalue weighted by molar-refractivity contribution is 5.91. The van der Waals surface area contributed by atoms with Crippen molar-refractivity contribution in [1.29, 1.82) is 0 Å². The van der Waals surface area contributed by atoms with Crippen LogP contribution >= 0.6 is 0 Å². The van der Waals surface area contributed by atoms with Crippen molar-refractivity contribution in [2.75, 3.05) is 26.2 Å². The molecule has 0 saturated carbocycles. The SMILES string of the molecule is CCN(CC)CCCNC(=O)c1ccc(Cn2cccn2)o1. The van der Waals surface area contributed by atoms with Crippen molar-refractivity contribution in [3.63, 3.8) is 0 Å². The van der Waals surface area contributed by atoms with Crippen molar-refractivity contribution in [3.8, 4) is 0 Å². The molecule has 120 valence electrons. The molecule has 2 rings (SSSR count). The average Bonchev–Trinajstić information content (AvgIpc) is 3.19. The lowest BCUT2D eigenvalue weighted by Gasteiger charge is -2.17. The minimum atomic E-state index is -0.161. The molecule has 6 nitrogen and oxygen atoms in total. The Kier molecular flexibility index (Phi) is 6.21. The zero-order chi connectivity index (χ0) is 15.8. The summed E-state index contributed by atoms with van der Waals surface area (Å²) in [4.78, 5) is 14.3. The van der Waals surface area contributed by atoms with Crippen molar-refractivity contribution in [2.24, 2.45) is 0 Å². The molecule has 2 aromatic heterocycles. The van der Waals surface area contributed by atoms with E-state index in [2.05, 4.69) is 29.2 Å². The fourth-order valence-electron chi connectivity index (χ4n) is 2.27. The van der Waals surface area contributed by atoms with E-state index in [1.165, 1.54) is 0 Å². The molecular weight excluding hydrogens is 280 g/mol. The van der Waals surface area contributed by atoms with Crippen LogP contribution in [0.2, 0.25) is 0 Å². The van der Waals surface area contributed by atoms with Crippen LogP contribution in [0.1, 0.15) is 36.6 Å². The van der Waals surface area contributed by atoms with Crippen LogP contribution in [0, 0.1) is 0 Å². The molecule has 2 aromatic rings. The fraction of sp³-hybridized carbons (Fsp3) is 0.500. The van der Waals surface area contributed by atoms with E-state index in [1.54, 1.807) is 16.9 Å². The average molecular weight is 304 g/mol. The van der Waals surface area contributed by atoms with Crippen molar-refractivity contribution in [1.82, 2.24) is 20.0 Å². The van der Waals surface area contributed by atoms with E-state index < -0.39 is 0 Å². The third-order valence-electron chi connectivity index (χ3n) is 3.59. The lowest BCUT2D eigenvalue weighted by atomic mass is 10.3. The molecule has 0 aromatic carbocycles. The molecule has 0 aliphatic heterocycles. The van der Waals surface area contributed by atoms with E-state index >= 15 is 0 Å². The van der Waals surface area contributed by atoms with E-state index in [-0.39, 0.29) is 5.91 Å². The molecule has 0 radical (unpaired) electrons. The number of carbonyl (C=O) groups excluding carboxylic acids is 1. The molecule has 0 spiro atoms. The smallest absolute Gasteiger partial charge is 0.286 e. The maximum absolute atomic E-state index is 12.0. The van der Waals surface area contributed by atoms with Crippen LogP contribution in [0.15, 0.2) is 35.0 Å². The van der Waals surface area contributed by atoms with Gasteiger partial charge in [0.1, 0.15) is 5.76 Å². The molecule has 0 unspecified atom stereocenters. The maximum atomic E-state index is 12.0. The summed E-state index contributed by atoms with van der Waals surface area (Å²) < 4.78 is 7.31. The maximum Gasteiger partial charge on any atom is 0.286 e. The van der Waals surface area contributed by atoms with Crippen molar-refractivity contribution < 1.29 is 9.21 Å². The van der Waals surface area contributed by atoms with Gasteiger partial charge in [0.15, 0.2) is 5.76 Å². The van der Waals surface area contributed by atoms with Gasteiger partial charge in [0.25, 0.3) is 5.91 Å². The monoisotopic (exact) mass is 304 g/mol. The first-order valence-corrected chi connectivity index (χ1v) is 7.79. The molecule has 0 bridgehead atoms. The number of hydrogen-bond acceptors (Lipinski definition) is 4. The number of rotatable bonds is 9. The predicted molar refractivity (Wildman–Crippen MR) is 84.8 cm³/mol. The molecule has 6 heteroatoms. The van der Waals surface area contributed by atoms with Gasteiger partial charge in [-0.15, -0.1) is 0 Å². The Morgan fingerprint density at radius 3 is 2.86 bits per heavy atom. The van der Waals surface area contributed by atoms with Crippen LogP contribution in [0.3, 0.4) is 0 Å². The number of amides is 1. The first-order chi connectivity index (χ1) is 10.7. The van der Waals surface area contributed by atoms with Gasteiger partial charge in [-0.05, 0) is 44.3 Å². The second-order valence-electron chi connectivity index (χ2n) is 5.11. The molecule has 0 aliphatic carbocycles. The standard InChI is InChI=1S/C16H24N4O2/c1-3-19(4-2)11-5-9-17-16(21)15-8-7-14(22-15)13-20-12-6-10-18-20/h6-8,10,12H,3-5,9,11,13H2,1-2H3,(H,17,21). The minimum Gasteiger partial charge on any atom is -0.454 e. The van der Waals surface area contributed by atoms with Crippen molar-refractivity contribution in [2.45, 2.75) is 26.8 Å². The summed E-state index contributed by atoms with van der Waals surface area (Å²) in [5.74, 6) is 0.910. The Morgan fingerprint density at radius 2 is 2.18 bits per heavy atom. The summed E-state index contributed by atoms with van der Waals surface area (Å²) in [6.07, 6.45) is 4.51. The number of furan rings is 1. The van der Waals surface area contributed by atoms with Crippen LogP contribution in [-0.2, 0) is 6.54 Å². The molecule has 0 saturated heterocycles. The van der Waals surface area contributed by atoms with E-state index in [0.29, 0.717) is 18.8 Å². The number of nitrogens with one attached hydrogen (secondary N) is 1. The van der Waals surface area contributed by atoms with Crippen LogP contribution in [0.4, 0.5) is 0 Å². The zero-order valence-electron chi connectivity index (χ0n) is 13.3. The van der Waals surface area contributed by atoms with E-state index in [0.717, 1.165) is 31.8 Å². The van der Waals surface area contributed by atoms with E-state index in [1.807, 2.05) is 18.3 Å². The lowest BCUT2D eigenvalue weighted by Crippen LogP contribution is -2.29. The van der Waals surface area contributed by atoms with Gasteiger partial charge in [0.05, 0.1) is 6.54 Å². The quantitative estimate of drug-likeness (QED) is 0.720. The third-order valence-corrected chi connectivity index (χ3v) is 3.59. The highest BCUT2D eigenvalue weighted by Gasteiger charge is 2.11. The van der Waals surface area contributed by atoms with Crippen LogP contribution < -0.4 is 5.32 Å². The summed E-state index contributed by atoms with van der Waals surface area (Å²) >= 11 is 0. The Bertz CT molecular complexity index is 558. The van der Waals surface area contributed by atoms with E-state index in [9.17, 15) is 4.79 Å². The second-order valence-corrected chi connectivity index (χ2v) is 5.11. The summed E-state index contributed by atoms with van der Waals surface area (Å²) in [5, 5.41) is 7.00. The van der Waals surface area contributed by atoms with Crippen molar-refractivity contribution in [3.05, 3.63) is 42.1 Å². The first-order valence-electron chi connectivity index (χ1n) is 7.79. The topological polar surface area (TPSA) is 63.3 Å². The number of aromatic nitrogens is 2. The predicted octanol–water partition coefficient (Wildman–Crippen LogP) is 1.99. The molecule has 1 amide bonds. The first kappa shape index (κ1) is 16.3. The second kappa shape index (κ2) is 8.38. The van der Waals surface area contributed by atoms with Crippen LogP contribution in [0.5, 0.6) is 0 Å². The molecule has 0 atom stereocenters. The normalized spacial score (nSPS) is 11.0. The van der Waals surface area contributed by atoms with E-state index in [4.69, 9.17) is 4.42 Å². The Balaban J connectivity index is 1.75. The molecule has 0 fully saturated rings. The number of hydrogen-bond donors (Lipinski definition) is 1. The van der Waals surface area contributed by atoms with Gasteiger partial charge in [-0.2, -0.15) is 5.10 Å². The van der Waals surface area contributed by atoms with Crippen LogP contribution in [0.25, 0.3) is 0 Å². The van der Waals surface area contributed by atoms with Gasteiger partial charge in [0.2, 0.25) is 0 Å². The Labute approximate surface area is 131 Å². The fourth-order valence-corrected chi connectivity index (χ4v) is 2.27. The summed E-state index contributed by atoms with van der Waals surface area (Å²) in [5.41, 5.74) is 0. The summed E-state index contributed by atoms with van der Waals surface area (Å²) in [6.45, 7) is 8.56. The number of nitrogens with zero attached hydrogens (tertiary/aromatic N) is 3. The van der Waals surface area contributed by atoms with Gasteiger partial charge in [-0.25, -0.2) is 0 Å². The van der Waals surface area contributed by atoms with Gasteiger partial charge in [-0.3, -0.25) is 9.48 Å². The largest absolute Gasteiger partial charge is 0.454 e. The molecular formula is C16H24N4O2. The van der Waals surface area contributed by atoms with Gasteiger partial charge in [0, 0.05) is 18.9 Å². The Hall–Kier alpha value is -2.08. The molecule has 22 heavy (non-hydrogen) atoms. The molecule has 0 aliphatic rings. The lowest BCUT2D eigenvalue weighted by molar-refractivity contribution is 0.0922. The van der Waals surface area contributed by atoms with Crippen LogP contribution in [-0.4, -0.2) is 46.8 Å². The van der Waals surface area contributed by atoms with Crippen molar-refractivity contribution >= 4 is 5.91 Å². The minimum absolute atomic E-state index is 0.161. The van der Waals surface area contributed by atoms with Gasteiger partial charge in [-0.1, -0.05) is 13.8 Å². The zero-order valence-corrected chi connectivity index (χ0v) is 13.3. The van der Waals surface area contributed by atoms with Gasteiger partial charge >= 0.3 is 0 Å². The highest BCUT2D eigenvalue weighted by atomic mass is 16.4. The third kappa shape index (κ3) is 4.73. The summed E-state index contributed by atoms with van der Waals surface area (Å²) in [7, 11) is 0. The highest BCUT2D eigenvalue weighted by Crippen LogP contribution is 2.09. The summed E-state index contributed by atoms with van der Waals surface area (Å²) in [6, 6.07) is 5.37. The molecule has 2 heterocycles. The Morgan fingerprint density at radius 1 is 1.36 bits per heavy atom. The van der Waals surface area contributed by atoms with Gasteiger partial charge < -0.3 is 14.6 Å².